The Morgan fingerprint density at radius 2 is 2.08 bits per heavy atom. The molecule has 0 unspecified atom stereocenters. The molecule has 0 aromatic rings. The van der Waals surface area contributed by atoms with Crippen molar-refractivity contribution in [2.75, 3.05) is 13.2 Å². The lowest BCUT2D eigenvalue weighted by molar-refractivity contribution is -0.122. The van der Waals surface area contributed by atoms with E-state index in [2.05, 4.69) is 13.5 Å². The highest BCUT2D eigenvalue weighted by Gasteiger charge is 1.83. The molecule has 0 aromatic carbocycles. The minimum absolute atomic E-state index is 0.250. The first-order valence-corrected chi connectivity index (χ1v) is 4.09. The van der Waals surface area contributed by atoms with E-state index in [0.717, 1.165) is 6.61 Å². The molecule has 0 bridgehead atoms. The van der Waals surface area contributed by atoms with Crippen LogP contribution in [-0.4, -0.2) is 24.8 Å². The summed E-state index contributed by atoms with van der Waals surface area (Å²) in [7, 11) is 0. The van der Waals surface area contributed by atoms with E-state index >= 15 is 0 Å². The third kappa shape index (κ3) is 22.9. The van der Waals surface area contributed by atoms with E-state index in [1.165, 1.54) is 19.3 Å². The average Bonchev–Trinajstić information content (AvgIpc) is 2.06. The summed E-state index contributed by atoms with van der Waals surface area (Å²) in [5.41, 5.74) is 0. The molecular weight excluding hydrogens is 156 g/mol. The van der Waals surface area contributed by atoms with E-state index in [0.29, 0.717) is 6.61 Å². The largest absolute Gasteiger partial charge is 0.483 e. The fraction of sp³-hybridized carbons (Fsp3) is 0.667. The second kappa shape index (κ2) is 16.6. The predicted molar refractivity (Wildman–Crippen MR) is 49.2 cm³/mol. The monoisotopic (exact) mass is 174 g/mol. The SMILES string of the molecule is C=CCOCCCCC.O=CO. The second-order valence-electron chi connectivity index (χ2n) is 2.18. The molecule has 0 aliphatic rings. The van der Waals surface area contributed by atoms with Crippen LogP contribution in [-0.2, 0) is 9.53 Å². The Morgan fingerprint density at radius 3 is 2.50 bits per heavy atom. The summed E-state index contributed by atoms with van der Waals surface area (Å²) in [6.07, 6.45) is 5.50. The maximum atomic E-state index is 8.36. The van der Waals surface area contributed by atoms with E-state index in [1.807, 2.05) is 0 Å². The van der Waals surface area contributed by atoms with Crippen LogP contribution in [0.3, 0.4) is 0 Å². The molecule has 0 aromatic heterocycles. The van der Waals surface area contributed by atoms with Crippen LogP contribution in [0.1, 0.15) is 26.2 Å². The van der Waals surface area contributed by atoms with Gasteiger partial charge in [0.05, 0.1) is 6.61 Å². The highest BCUT2D eigenvalue weighted by Crippen LogP contribution is 1.93. The summed E-state index contributed by atoms with van der Waals surface area (Å²) in [5, 5.41) is 6.89. The molecule has 0 heterocycles. The summed E-state index contributed by atoms with van der Waals surface area (Å²) >= 11 is 0. The fourth-order valence-corrected chi connectivity index (χ4v) is 0.621. The lowest BCUT2D eigenvalue weighted by Crippen LogP contribution is -1.92. The smallest absolute Gasteiger partial charge is 0.290 e. The van der Waals surface area contributed by atoms with Crippen LogP contribution in [0.15, 0.2) is 12.7 Å². The Bertz CT molecular complexity index is 91.8. The van der Waals surface area contributed by atoms with Gasteiger partial charge in [0, 0.05) is 6.61 Å². The van der Waals surface area contributed by atoms with Gasteiger partial charge in [0.2, 0.25) is 0 Å². The van der Waals surface area contributed by atoms with Crippen LogP contribution < -0.4 is 0 Å². The van der Waals surface area contributed by atoms with Crippen LogP contribution in [0, 0.1) is 0 Å². The van der Waals surface area contributed by atoms with Crippen LogP contribution in [0.4, 0.5) is 0 Å². The summed E-state index contributed by atoms with van der Waals surface area (Å²) in [5.74, 6) is 0. The number of unbranched alkanes of at least 4 members (excludes halogenated alkanes) is 2. The molecule has 0 rings (SSSR count). The zero-order valence-electron chi connectivity index (χ0n) is 7.66. The number of carbonyl (C=O) groups is 1. The van der Waals surface area contributed by atoms with Gasteiger partial charge in [0.15, 0.2) is 0 Å². The molecule has 0 amide bonds. The van der Waals surface area contributed by atoms with Crippen molar-refractivity contribution in [3.8, 4) is 0 Å². The Labute approximate surface area is 74.0 Å². The van der Waals surface area contributed by atoms with Crippen molar-refractivity contribution in [2.45, 2.75) is 26.2 Å². The first kappa shape index (κ1) is 13.7. The van der Waals surface area contributed by atoms with Crippen molar-refractivity contribution >= 4 is 6.47 Å². The molecule has 0 saturated heterocycles. The molecule has 0 fully saturated rings. The standard InChI is InChI=1S/C8H16O.CH2O2/c1-3-5-6-8-9-7-4-2;2-1-3/h4H,2-3,5-8H2,1H3;1H,(H,2,3). The highest BCUT2D eigenvalue weighted by molar-refractivity contribution is 5.32. The second-order valence-corrected chi connectivity index (χ2v) is 2.18. The number of carboxylic acid groups (broad SMARTS) is 1. The van der Waals surface area contributed by atoms with E-state index in [9.17, 15) is 0 Å². The molecule has 0 atom stereocenters. The van der Waals surface area contributed by atoms with E-state index in [4.69, 9.17) is 14.6 Å². The molecule has 0 saturated carbocycles. The van der Waals surface area contributed by atoms with Gasteiger partial charge in [-0.2, -0.15) is 0 Å². The van der Waals surface area contributed by atoms with Crippen molar-refractivity contribution in [1.82, 2.24) is 0 Å². The van der Waals surface area contributed by atoms with Crippen molar-refractivity contribution in [3.63, 3.8) is 0 Å². The minimum atomic E-state index is -0.250. The van der Waals surface area contributed by atoms with Gasteiger partial charge < -0.3 is 9.84 Å². The normalized spacial score (nSPS) is 8.08. The molecule has 3 nitrogen and oxygen atoms in total. The van der Waals surface area contributed by atoms with Crippen LogP contribution in [0.2, 0.25) is 0 Å². The molecule has 0 aliphatic carbocycles. The highest BCUT2D eigenvalue weighted by atomic mass is 16.5. The van der Waals surface area contributed by atoms with Crippen LogP contribution in [0.5, 0.6) is 0 Å². The first-order chi connectivity index (χ1) is 5.83. The lowest BCUT2D eigenvalue weighted by Gasteiger charge is -1.97. The van der Waals surface area contributed by atoms with Gasteiger partial charge in [-0.3, -0.25) is 4.79 Å². The van der Waals surface area contributed by atoms with Gasteiger partial charge in [0.25, 0.3) is 6.47 Å². The fourth-order valence-electron chi connectivity index (χ4n) is 0.621. The number of hydrogen-bond donors (Lipinski definition) is 1. The van der Waals surface area contributed by atoms with Gasteiger partial charge >= 0.3 is 0 Å². The molecule has 0 aliphatic heterocycles. The van der Waals surface area contributed by atoms with Crippen LogP contribution in [0.25, 0.3) is 0 Å². The topological polar surface area (TPSA) is 46.5 Å². The van der Waals surface area contributed by atoms with Crippen molar-refractivity contribution in [3.05, 3.63) is 12.7 Å². The van der Waals surface area contributed by atoms with Crippen molar-refractivity contribution < 1.29 is 14.6 Å². The maximum absolute atomic E-state index is 8.36. The molecule has 12 heavy (non-hydrogen) atoms. The van der Waals surface area contributed by atoms with E-state index < -0.39 is 0 Å². The number of hydrogen-bond acceptors (Lipinski definition) is 2. The third-order valence-corrected chi connectivity index (χ3v) is 1.13. The summed E-state index contributed by atoms with van der Waals surface area (Å²) in [6, 6.07) is 0. The van der Waals surface area contributed by atoms with Gasteiger partial charge in [-0.15, -0.1) is 6.58 Å². The Hall–Kier alpha value is -0.830. The van der Waals surface area contributed by atoms with Crippen molar-refractivity contribution in [2.24, 2.45) is 0 Å². The molecular formula is C9H18O3. The zero-order chi connectivity index (χ0) is 9.66. The zero-order valence-corrected chi connectivity index (χ0v) is 7.66. The van der Waals surface area contributed by atoms with Gasteiger partial charge in [-0.05, 0) is 6.42 Å². The van der Waals surface area contributed by atoms with Gasteiger partial charge in [-0.1, -0.05) is 25.8 Å². The first-order valence-electron chi connectivity index (χ1n) is 4.09. The van der Waals surface area contributed by atoms with E-state index in [-0.39, 0.29) is 6.47 Å². The van der Waals surface area contributed by atoms with Gasteiger partial charge in [0.1, 0.15) is 0 Å². The predicted octanol–water partition coefficient (Wildman–Crippen LogP) is 2.08. The van der Waals surface area contributed by atoms with Crippen LogP contribution >= 0.6 is 0 Å². The van der Waals surface area contributed by atoms with Crippen molar-refractivity contribution in [1.29, 1.82) is 0 Å². The van der Waals surface area contributed by atoms with E-state index in [1.54, 1.807) is 6.08 Å². The Kier molecular flexibility index (Phi) is 19.0. The molecule has 0 radical (unpaired) electrons. The van der Waals surface area contributed by atoms with Gasteiger partial charge in [-0.25, -0.2) is 0 Å². The number of ether oxygens (including phenoxy) is 1. The average molecular weight is 174 g/mol. The summed E-state index contributed by atoms with van der Waals surface area (Å²) in [4.78, 5) is 8.36. The Balaban J connectivity index is 0. The molecule has 3 heteroatoms. The summed E-state index contributed by atoms with van der Waals surface area (Å²) < 4.78 is 5.17. The maximum Gasteiger partial charge on any atom is 0.290 e. The lowest BCUT2D eigenvalue weighted by atomic mass is 10.3. The quantitative estimate of drug-likeness (QED) is 0.381. The molecule has 72 valence electrons. The molecule has 1 N–H and O–H groups in total. The minimum Gasteiger partial charge on any atom is -0.483 e. The number of rotatable bonds is 6. The summed E-state index contributed by atoms with van der Waals surface area (Å²) in [6.45, 7) is 7.08. The molecule has 0 spiro atoms. The Morgan fingerprint density at radius 1 is 1.50 bits per heavy atom. The third-order valence-electron chi connectivity index (χ3n) is 1.13.